The number of amidine groups is 1. The number of carbonyl (C=O) groups excluding carboxylic acids is 1. The van der Waals surface area contributed by atoms with Gasteiger partial charge in [-0.2, -0.15) is 5.10 Å². The van der Waals surface area contributed by atoms with Crippen molar-refractivity contribution in [3.05, 3.63) is 99.1 Å². The van der Waals surface area contributed by atoms with Crippen molar-refractivity contribution in [3.8, 4) is 0 Å². The molecule has 0 aromatic heterocycles. The fourth-order valence-electron chi connectivity index (χ4n) is 5.14. The van der Waals surface area contributed by atoms with E-state index >= 15 is 0 Å². The second-order valence-electron chi connectivity index (χ2n) is 11.0. The fraction of sp³-hybridized carbons (Fsp3) is 0.300. The Morgan fingerprint density at radius 1 is 1.12 bits per heavy atom. The molecule has 0 bridgehead atoms. The number of anilines is 2. The van der Waals surface area contributed by atoms with Gasteiger partial charge in [0, 0.05) is 42.7 Å². The van der Waals surface area contributed by atoms with E-state index in [0.29, 0.717) is 24.6 Å². The lowest BCUT2D eigenvalue weighted by Crippen LogP contribution is -2.40. The molecule has 224 valence electrons. The van der Waals surface area contributed by atoms with Gasteiger partial charge in [-0.15, -0.1) is 0 Å². The van der Waals surface area contributed by atoms with Gasteiger partial charge in [0.2, 0.25) is 10.0 Å². The molecule has 43 heavy (non-hydrogen) atoms. The first-order valence-corrected chi connectivity index (χ1v) is 16.3. The smallest absolute Gasteiger partial charge is 0.302 e. The Balaban J connectivity index is 1.51. The molecule has 0 atom stereocenters. The highest BCUT2D eigenvalue weighted by Gasteiger charge is 2.37. The second kappa shape index (κ2) is 11.8. The minimum atomic E-state index is -3.38. The van der Waals surface area contributed by atoms with Gasteiger partial charge in [-0.3, -0.25) is 24.6 Å². The quantitative estimate of drug-likeness (QED) is 0.156. The SMILES string of the molecule is CN1N=C(c2ccc3c(c2)CCCN3C(=NCc2ccc(NS(C)(=O)=O)cc2)c2ccc([N+](=O)[O-])cc2)C(C)(C)SC1=O. The maximum absolute atomic E-state index is 12.3. The third-order valence-corrected chi connectivity index (χ3v) is 8.91. The number of nitro groups is 1. The van der Waals surface area contributed by atoms with Gasteiger partial charge >= 0.3 is 5.24 Å². The molecule has 1 amide bonds. The van der Waals surface area contributed by atoms with E-state index in [1.165, 1.54) is 28.9 Å². The van der Waals surface area contributed by atoms with Crippen molar-refractivity contribution < 1.29 is 18.1 Å². The first-order valence-electron chi connectivity index (χ1n) is 13.6. The lowest BCUT2D eigenvalue weighted by Gasteiger charge is -2.35. The van der Waals surface area contributed by atoms with Crippen LogP contribution >= 0.6 is 11.8 Å². The van der Waals surface area contributed by atoms with Crippen LogP contribution in [0, 0.1) is 10.1 Å². The molecule has 0 spiro atoms. The number of aliphatic imine (C=N–C) groups is 1. The molecule has 2 heterocycles. The molecule has 3 aromatic carbocycles. The third-order valence-electron chi connectivity index (χ3n) is 7.16. The highest BCUT2D eigenvalue weighted by Crippen LogP contribution is 2.37. The number of fused-ring (bicyclic) bond motifs is 1. The van der Waals surface area contributed by atoms with Crippen LogP contribution in [0.1, 0.15) is 42.5 Å². The summed E-state index contributed by atoms with van der Waals surface area (Å²) in [5.41, 5.74) is 5.98. The summed E-state index contributed by atoms with van der Waals surface area (Å²) >= 11 is 1.25. The van der Waals surface area contributed by atoms with Crippen LogP contribution in [0.5, 0.6) is 0 Å². The number of rotatable bonds is 7. The molecule has 0 saturated heterocycles. The summed E-state index contributed by atoms with van der Waals surface area (Å²) in [6.07, 6.45) is 2.83. The molecule has 0 unspecified atom stereocenters. The lowest BCUT2D eigenvalue weighted by atomic mass is 9.93. The maximum Gasteiger partial charge on any atom is 0.302 e. The summed E-state index contributed by atoms with van der Waals surface area (Å²) in [6, 6.07) is 19.6. The molecule has 11 nitrogen and oxygen atoms in total. The second-order valence-corrected chi connectivity index (χ2v) is 14.3. The number of sulfonamides is 1. The third kappa shape index (κ3) is 6.89. The first kappa shape index (κ1) is 30.2. The molecule has 0 aliphatic carbocycles. The highest BCUT2D eigenvalue weighted by molar-refractivity contribution is 8.15. The van der Waals surface area contributed by atoms with Crippen LogP contribution in [-0.2, 0) is 23.0 Å². The average molecular weight is 621 g/mol. The lowest BCUT2D eigenvalue weighted by molar-refractivity contribution is -0.384. The highest BCUT2D eigenvalue weighted by atomic mass is 32.2. The molecular formula is C30H32N6O5S2. The largest absolute Gasteiger partial charge is 0.326 e. The molecule has 3 aromatic rings. The van der Waals surface area contributed by atoms with Gasteiger partial charge in [0.25, 0.3) is 5.69 Å². The predicted octanol–water partition coefficient (Wildman–Crippen LogP) is 5.65. The van der Waals surface area contributed by atoms with Crippen LogP contribution in [0.4, 0.5) is 21.9 Å². The van der Waals surface area contributed by atoms with Crippen LogP contribution in [0.3, 0.4) is 0 Å². The number of aryl methyl sites for hydroxylation is 1. The Morgan fingerprint density at radius 3 is 2.47 bits per heavy atom. The Bertz CT molecular complexity index is 1740. The predicted molar refractivity (Wildman–Crippen MR) is 172 cm³/mol. The van der Waals surface area contributed by atoms with Crippen LogP contribution in [-0.4, -0.2) is 59.7 Å². The summed E-state index contributed by atoms with van der Waals surface area (Å²) in [6.45, 7) is 5.02. The number of benzene rings is 3. The van der Waals surface area contributed by atoms with Gasteiger partial charge in [-0.1, -0.05) is 30.0 Å². The maximum atomic E-state index is 12.3. The number of amides is 1. The Hall–Kier alpha value is -4.23. The number of non-ortho nitro benzene ring substituents is 1. The zero-order valence-corrected chi connectivity index (χ0v) is 25.9. The zero-order chi connectivity index (χ0) is 30.9. The van der Waals surface area contributed by atoms with Crippen molar-refractivity contribution in [1.29, 1.82) is 0 Å². The van der Waals surface area contributed by atoms with Crippen LogP contribution in [0.15, 0.2) is 76.8 Å². The first-order chi connectivity index (χ1) is 20.3. The molecule has 0 fully saturated rings. The number of thioether (sulfide) groups is 1. The summed E-state index contributed by atoms with van der Waals surface area (Å²) in [4.78, 5) is 30.3. The van der Waals surface area contributed by atoms with Crippen molar-refractivity contribution in [2.75, 3.05) is 29.5 Å². The van der Waals surface area contributed by atoms with Gasteiger partial charge in [-0.25, -0.2) is 13.4 Å². The minimum absolute atomic E-state index is 0.00191. The van der Waals surface area contributed by atoms with Crippen LogP contribution < -0.4 is 9.62 Å². The molecule has 0 saturated carbocycles. The summed E-state index contributed by atoms with van der Waals surface area (Å²) in [5, 5.41) is 17.2. The Labute approximate surface area is 254 Å². The fourth-order valence-corrected chi connectivity index (χ4v) is 6.57. The molecule has 1 N–H and O–H groups in total. The van der Waals surface area contributed by atoms with E-state index in [0.717, 1.165) is 52.8 Å². The van der Waals surface area contributed by atoms with Gasteiger partial charge < -0.3 is 4.90 Å². The molecule has 5 rings (SSSR count). The van der Waals surface area contributed by atoms with Crippen molar-refractivity contribution in [3.63, 3.8) is 0 Å². The minimum Gasteiger partial charge on any atom is -0.326 e. The monoisotopic (exact) mass is 620 g/mol. The van der Waals surface area contributed by atoms with Crippen LogP contribution in [0.25, 0.3) is 0 Å². The number of nitro benzene ring substituents is 1. The molecule has 0 radical (unpaired) electrons. The normalized spacial score (nSPS) is 16.9. The van der Waals surface area contributed by atoms with Gasteiger partial charge in [0.15, 0.2) is 0 Å². The van der Waals surface area contributed by atoms with E-state index in [-0.39, 0.29) is 10.9 Å². The molecule has 2 aliphatic rings. The van der Waals surface area contributed by atoms with Gasteiger partial charge in [-0.05, 0) is 79.8 Å². The number of hydrogen-bond donors (Lipinski definition) is 1. The van der Waals surface area contributed by atoms with E-state index in [4.69, 9.17) is 4.99 Å². The van der Waals surface area contributed by atoms with Crippen molar-refractivity contribution in [2.45, 2.75) is 38.0 Å². The van der Waals surface area contributed by atoms with Gasteiger partial charge in [0.05, 0.1) is 28.2 Å². The van der Waals surface area contributed by atoms with E-state index in [9.17, 15) is 23.3 Å². The van der Waals surface area contributed by atoms with Crippen molar-refractivity contribution >= 4 is 55.6 Å². The summed E-state index contributed by atoms with van der Waals surface area (Å²) < 4.78 is 25.1. The Morgan fingerprint density at radius 2 is 1.81 bits per heavy atom. The molecule has 13 heteroatoms. The van der Waals surface area contributed by atoms with Crippen molar-refractivity contribution in [1.82, 2.24) is 5.01 Å². The number of carbonyl (C=O) groups is 1. The topological polar surface area (TPSA) is 138 Å². The number of nitrogens with zero attached hydrogens (tertiary/aromatic N) is 5. The Kier molecular flexibility index (Phi) is 8.30. The number of hydrazone groups is 1. The van der Waals surface area contributed by atoms with E-state index < -0.39 is 19.7 Å². The van der Waals surface area contributed by atoms with E-state index in [1.807, 2.05) is 32.0 Å². The average Bonchev–Trinajstić information content (AvgIpc) is 2.95. The number of nitrogens with one attached hydrogen (secondary N) is 1. The summed E-state index contributed by atoms with van der Waals surface area (Å²) in [7, 11) is -1.72. The summed E-state index contributed by atoms with van der Waals surface area (Å²) in [5.74, 6) is 0.679. The van der Waals surface area contributed by atoms with Crippen molar-refractivity contribution in [2.24, 2.45) is 10.1 Å². The zero-order valence-electron chi connectivity index (χ0n) is 24.3. The number of hydrogen-bond acceptors (Lipinski definition) is 8. The van der Waals surface area contributed by atoms with Crippen LogP contribution in [0.2, 0.25) is 0 Å². The van der Waals surface area contributed by atoms with E-state index in [2.05, 4.69) is 26.9 Å². The molecule has 2 aliphatic heterocycles. The van der Waals surface area contributed by atoms with E-state index in [1.54, 1.807) is 31.3 Å². The standard InChI is InChI=1S/C30H32N6O5S2/c1-30(2)27(32-34(3)29(37)42-30)23-11-16-26-22(18-23)6-5-17-35(26)28(21-9-14-25(15-10-21)36(38)39)31-19-20-7-12-24(13-8-20)33-43(4,40)41/h7-16,18,33H,5-6,17,19H2,1-4H3. The molecular weight excluding hydrogens is 589 g/mol. The van der Waals surface area contributed by atoms with Gasteiger partial charge in [0.1, 0.15) is 5.84 Å².